The molecule has 1 amide bonds. The van der Waals surface area contributed by atoms with Crippen molar-refractivity contribution in [2.75, 3.05) is 5.32 Å². The van der Waals surface area contributed by atoms with Crippen LogP contribution in [0.2, 0.25) is 0 Å². The van der Waals surface area contributed by atoms with Gasteiger partial charge in [0.25, 0.3) is 0 Å². The number of aromatic nitrogens is 1. The van der Waals surface area contributed by atoms with E-state index in [-0.39, 0.29) is 12.3 Å². The van der Waals surface area contributed by atoms with Gasteiger partial charge in [-0.3, -0.25) is 9.78 Å². The molecule has 114 valence electrons. The minimum absolute atomic E-state index is 0.132. The smallest absolute Gasteiger partial charge is 0.229 e. The SMILES string of the molecule is Cc1nc2ccccc2c(C)c1CC(=O)Nc1sccc1C#N. The second kappa shape index (κ2) is 6.19. The normalized spacial score (nSPS) is 10.5. The highest BCUT2D eigenvalue weighted by Gasteiger charge is 2.14. The van der Waals surface area contributed by atoms with E-state index in [1.165, 1.54) is 11.3 Å². The van der Waals surface area contributed by atoms with Crippen molar-refractivity contribution in [2.45, 2.75) is 20.3 Å². The molecule has 0 spiro atoms. The summed E-state index contributed by atoms with van der Waals surface area (Å²) in [4.78, 5) is 16.9. The lowest BCUT2D eigenvalue weighted by molar-refractivity contribution is -0.115. The number of aryl methyl sites for hydroxylation is 2. The van der Waals surface area contributed by atoms with Crippen molar-refractivity contribution in [3.05, 3.63) is 58.1 Å². The molecule has 0 fully saturated rings. The van der Waals surface area contributed by atoms with Gasteiger partial charge in [0.05, 0.1) is 17.5 Å². The van der Waals surface area contributed by atoms with Crippen molar-refractivity contribution in [3.63, 3.8) is 0 Å². The zero-order valence-electron chi connectivity index (χ0n) is 12.9. The van der Waals surface area contributed by atoms with Crippen molar-refractivity contribution in [3.8, 4) is 6.07 Å². The number of pyridine rings is 1. The van der Waals surface area contributed by atoms with E-state index >= 15 is 0 Å². The van der Waals surface area contributed by atoms with Crippen LogP contribution in [0, 0.1) is 25.2 Å². The number of anilines is 1. The molecule has 0 radical (unpaired) electrons. The van der Waals surface area contributed by atoms with Crippen LogP contribution in [-0.2, 0) is 11.2 Å². The van der Waals surface area contributed by atoms with Crippen LogP contribution in [0.25, 0.3) is 10.9 Å². The van der Waals surface area contributed by atoms with Crippen molar-refractivity contribution in [1.82, 2.24) is 4.98 Å². The molecule has 4 nitrogen and oxygen atoms in total. The van der Waals surface area contributed by atoms with Crippen LogP contribution in [0.4, 0.5) is 5.00 Å². The quantitative estimate of drug-likeness (QED) is 0.794. The average molecular weight is 321 g/mol. The Morgan fingerprint density at radius 1 is 1.30 bits per heavy atom. The van der Waals surface area contributed by atoms with Crippen molar-refractivity contribution in [2.24, 2.45) is 0 Å². The van der Waals surface area contributed by atoms with Crippen molar-refractivity contribution >= 4 is 33.1 Å². The standard InChI is InChI=1S/C18H15N3OS/c1-11-14-5-3-4-6-16(14)20-12(2)15(11)9-17(22)21-18-13(10-19)7-8-23-18/h3-8H,9H2,1-2H3,(H,21,22). The average Bonchev–Trinajstić information content (AvgIpc) is 2.98. The lowest BCUT2D eigenvalue weighted by atomic mass is 9.99. The van der Waals surface area contributed by atoms with Crippen molar-refractivity contribution in [1.29, 1.82) is 5.26 Å². The number of amides is 1. The van der Waals surface area contributed by atoms with Crippen LogP contribution >= 0.6 is 11.3 Å². The third-order valence-electron chi connectivity index (χ3n) is 3.86. The zero-order chi connectivity index (χ0) is 16.4. The fourth-order valence-electron chi connectivity index (χ4n) is 2.66. The first kappa shape index (κ1) is 15.2. The predicted molar refractivity (Wildman–Crippen MR) is 92.6 cm³/mol. The molecule has 2 aromatic heterocycles. The lowest BCUT2D eigenvalue weighted by Crippen LogP contribution is -2.16. The molecular formula is C18H15N3OS. The number of hydrogen-bond acceptors (Lipinski definition) is 4. The summed E-state index contributed by atoms with van der Waals surface area (Å²) in [5.41, 5.74) is 4.32. The minimum atomic E-state index is -0.132. The highest BCUT2D eigenvalue weighted by molar-refractivity contribution is 7.14. The van der Waals surface area contributed by atoms with E-state index in [4.69, 9.17) is 5.26 Å². The summed E-state index contributed by atoms with van der Waals surface area (Å²) in [5, 5.41) is 15.3. The molecule has 0 unspecified atom stereocenters. The fraction of sp³-hybridized carbons (Fsp3) is 0.167. The minimum Gasteiger partial charge on any atom is -0.316 e. The molecule has 0 aliphatic rings. The summed E-state index contributed by atoms with van der Waals surface area (Å²) >= 11 is 1.35. The van der Waals surface area contributed by atoms with Gasteiger partial charge in [-0.2, -0.15) is 5.26 Å². The van der Waals surface area contributed by atoms with E-state index in [0.717, 1.165) is 27.7 Å². The lowest BCUT2D eigenvalue weighted by Gasteiger charge is -2.12. The molecule has 5 heteroatoms. The maximum atomic E-state index is 12.3. The Morgan fingerprint density at radius 3 is 2.87 bits per heavy atom. The van der Waals surface area contributed by atoms with E-state index in [1.54, 1.807) is 11.4 Å². The number of rotatable bonds is 3. The summed E-state index contributed by atoms with van der Waals surface area (Å²) in [6.45, 7) is 3.94. The van der Waals surface area contributed by atoms with Gasteiger partial charge in [-0.25, -0.2) is 0 Å². The van der Waals surface area contributed by atoms with E-state index in [1.807, 2.05) is 38.1 Å². The molecule has 0 aliphatic carbocycles. The molecule has 0 atom stereocenters. The number of carbonyl (C=O) groups excluding carboxylic acids is 1. The molecule has 23 heavy (non-hydrogen) atoms. The molecule has 0 aliphatic heterocycles. The second-order valence-electron chi connectivity index (χ2n) is 5.32. The van der Waals surface area contributed by atoms with Crippen LogP contribution in [0.1, 0.15) is 22.4 Å². The van der Waals surface area contributed by atoms with Gasteiger partial charge in [0, 0.05) is 11.1 Å². The molecule has 3 rings (SSSR count). The Kier molecular flexibility index (Phi) is 4.09. The van der Waals surface area contributed by atoms with E-state index < -0.39 is 0 Å². The fourth-order valence-corrected chi connectivity index (χ4v) is 3.41. The van der Waals surface area contributed by atoms with Crippen LogP contribution in [0.15, 0.2) is 35.7 Å². The summed E-state index contributed by atoms with van der Waals surface area (Å²) in [6.07, 6.45) is 0.248. The maximum absolute atomic E-state index is 12.3. The van der Waals surface area contributed by atoms with Gasteiger partial charge in [0.15, 0.2) is 0 Å². The highest BCUT2D eigenvalue weighted by Crippen LogP contribution is 2.25. The number of nitrogens with zero attached hydrogens (tertiary/aromatic N) is 2. The molecule has 0 saturated carbocycles. The molecule has 1 N–H and O–H groups in total. The van der Waals surface area contributed by atoms with Gasteiger partial charge in [-0.1, -0.05) is 18.2 Å². The Hall–Kier alpha value is -2.71. The van der Waals surface area contributed by atoms with Gasteiger partial charge < -0.3 is 5.32 Å². The number of thiophene rings is 1. The number of benzene rings is 1. The summed E-state index contributed by atoms with van der Waals surface area (Å²) in [5.74, 6) is -0.132. The first-order valence-electron chi connectivity index (χ1n) is 7.22. The number of nitrogens with one attached hydrogen (secondary N) is 1. The van der Waals surface area contributed by atoms with E-state index in [9.17, 15) is 4.79 Å². The van der Waals surface area contributed by atoms with Crippen molar-refractivity contribution < 1.29 is 4.79 Å². The Morgan fingerprint density at radius 2 is 2.09 bits per heavy atom. The van der Waals surface area contributed by atoms with Crippen LogP contribution in [-0.4, -0.2) is 10.9 Å². The largest absolute Gasteiger partial charge is 0.316 e. The number of para-hydroxylation sites is 1. The Bertz CT molecular complexity index is 937. The monoisotopic (exact) mass is 321 g/mol. The third kappa shape index (κ3) is 2.94. The highest BCUT2D eigenvalue weighted by atomic mass is 32.1. The first-order chi connectivity index (χ1) is 11.1. The Labute approximate surface area is 138 Å². The predicted octanol–water partition coefficient (Wildman–Crippen LogP) is 3.97. The summed E-state index contributed by atoms with van der Waals surface area (Å²) in [7, 11) is 0. The molecular weight excluding hydrogens is 306 g/mol. The molecule has 3 aromatic rings. The van der Waals surface area contributed by atoms with Gasteiger partial charge in [-0.15, -0.1) is 11.3 Å². The molecule has 0 saturated heterocycles. The summed E-state index contributed by atoms with van der Waals surface area (Å²) in [6, 6.07) is 11.7. The van der Waals surface area contributed by atoms with Gasteiger partial charge in [0.1, 0.15) is 11.1 Å². The van der Waals surface area contributed by atoms with Gasteiger partial charge in [0.2, 0.25) is 5.91 Å². The number of hydrogen-bond donors (Lipinski definition) is 1. The topological polar surface area (TPSA) is 65.8 Å². The van der Waals surface area contributed by atoms with Gasteiger partial charge in [-0.05, 0) is 42.5 Å². The Balaban J connectivity index is 1.89. The molecule has 0 bridgehead atoms. The van der Waals surface area contributed by atoms with E-state index in [2.05, 4.69) is 16.4 Å². The maximum Gasteiger partial charge on any atom is 0.229 e. The van der Waals surface area contributed by atoms with Crippen LogP contribution in [0.3, 0.4) is 0 Å². The van der Waals surface area contributed by atoms with Gasteiger partial charge >= 0.3 is 0 Å². The summed E-state index contributed by atoms with van der Waals surface area (Å²) < 4.78 is 0. The zero-order valence-corrected chi connectivity index (χ0v) is 13.7. The third-order valence-corrected chi connectivity index (χ3v) is 4.69. The van der Waals surface area contributed by atoms with Crippen LogP contribution < -0.4 is 5.32 Å². The number of carbonyl (C=O) groups is 1. The van der Waals surface area contributed by atoms with E-state index in [0.29, 0.717) is 10.6 Å². The molecule has 1 aromatic carbocycles. The second-order valence-corrected chi connectivity index (χ2v) is 6.23. The van der Waals surface area contributed by atoms with Crippen LogP contribution in [0.5, 0.6) is 0 Å². The first-order valence-corrected chi connectivity index (χ1v) is 8.10. The number of nitriles is 1. The molecule has 2 heterocycles. The number of fused-ring (bicyclic) bond motifs is 1.